The average Bonchev–Trinajstić information content (AvgIpc) is 2.20. The maximum absolute atomic E-state index is 11.4. The maximum atomic E-state index is 11.4. The molecule has 0 bridgehead atoms. The van der Waals surface area contributed by atoms with Crippen LogP contribution in [0.3, 0.4) is 0 Å². The van der Waals surface area contributed by atoms with Crippen LogP contribution in [0, 0.1) is 0 Å². The monoisotopic (exact) mass is 246 g/mol. The fraction of sp³-hybridized carbons (Fsp3) is 0.667. The Bertz CT molecular complexity index is 310. The molecule has 0 fully saturated rings. The van der Waals surface area contributed by atoms with Gasteiger partial charge in [0.05, 0.1) is 0 Å². The third-order valence-corrected chi connectivity index (χ3v) is 1.85. The van der Waals surface area contributed by atoms with Crippen LogP contribution < -0.4 is 17.2 Å². The SMILES string of the molecule is CC(=O)OOC(=O)[C@](C)(N)CCCN=C(N)N. The van der Waals surface area contributed by atoms with Crippen LogP contribution in [0.1, 0.15) is 26.7 Å². The molecule has 1 atom stereocenters. The summed E-state index contributed by atoms with van der Waals surface area (Å²) in [5.41, 5.74) is 14.7. The van der Waals surface area contributed by atoms with Crippen molar-refractivity contribution in [2.45, 2.75) is 32.2 Å². The van der Waals surface area contributed by atoms with Gasteiger partial charge in [-0.3, -0.25) is 4.99 Å². The Morgan fingerprint density at radius 3 is 2.35 bits per heavy atom. The van der Waals surface area contributed by atoms with E-state index in [-0.39, 0.29) is 5.96 Å². The van der Waals surface area contributed by atoms with Crippen molar-refractivity contribution in [1.29, 1.82) is 0 Å². The third-order valence-electron chi connectivity index (χ3n) is 1.85. The van der Waals surface area contributed by atoms with Gasteiger partial charge < -0.3 is 17.2 Å². The molecule has 0 spiro atoms. The van der Waals surface area contributed by atoms with Crippen molar-refractivity contribution in [2.24, 2.45) is 22.2 Å². The van der Waals surface area contributed by atoms with E-state index in [9.17, 15) is 9.59 Å². The summed E-state index contributed by atoms with van der Waals surface area (Å²) in [6.45, 7) is 2.93. The second-order valence-electron chi connectivity index (χ2n) is 3.77. The molecule has 17 heavy (non-hydrogen) atoms. The molecular formula is C9H18N4O4. The summed E-state index contributed by atoms with van der Waals surface area (Å²) in [5, 5.41) is 0. The van der Waals surface area contributed by atoms with Crippen molar-refractivity contribution < 1.29 is 19.4 Å². The Hall–Kier alpha value is -1.83. The second-order valence-corrected chi connectivity index (χ2v) is 3.77. The molecule has 98 valence electrons. The van der Waals surface area contributed by atoms with Gasteiger partial charge in [0.1, 0.15) is 5.54 Å². The Kier molecular flexibility index (Phi) is 5.97. The van der Waals surface area contributed by atoms with E-state index in [0.717, 1.165) is 6.92 Å². The third kappa shape index (κ3) is 7.12. The van der Waals surface area contributed by atoms with Gasteiger partial charge in [-0.2, -0.15) is 0 Å². The predicted octanol–water partition coefficient (Wildman–Crippen LogP) is -1.22. The van der Waals surface area contributed by atoms with Gasteiger partial charge in [0.2, 0.25) is 0 Å². The molecule has 0 aromatic heterocycles. The first-order chi connectivity index (χ1) is 7.75. The van der Waals surface area contributed by atoms with Gasteiger partial charge in [0.25, 0.3) is 0 Å². The smallest absolute Gasteiger partial charge is 0.370 e. The van der Waals surface area contributed by atoms with Gasteiger partial charge in [-0.15, -0.1) is 0 Å². The van der Waals surface area contributed by atoms with E-state index < -0.39 is 17.5 Å². The normalized spacial score (nSPS) is 13.4. The minimum Gasteiger partial charge on any atom is -0.370 e. The van der Waals surface area contributed by atoms with Gasteiger partial charge in [0, 0.05) is 13.5 Å². The fourth-order valence-electron chi connectivity index (χ4n) is 0.948. The van der Waals surface area contributed by atoms with Crippen molar-refractivity contribution >= 4 is 17.9 Å². The highest BCUT2D eigenvalue weighted by molar-refractivity contribution is 5.80. The van der Waals surface area contributed by atoms with Crippen molar-refractivity contribution in [1.82, 2.24) is 0 Å². The van der Waals surface area contributed by atoms with Crippen LogP contribution in [0.5, 0.6) is 0 Å². The molecule has 0 aromatic carbocycles. The number of rotatable bonds is 5. The Balaban J connectivity index is 4.04. The summed E-state index contributed by atoms with van der Waals surface area (Å²) in [4.78, 5) is 33.9. The number of hydrogen-bond acceptors (Lipinski definition) is 6. The van der Waals surface area contributed by atoms with Crippen LogP contribution in [-0.4, -0.2) is 30.0 Å². The first-order valence-corrected chi connectivity index (χ1v) is 4.99. The highest BCUT2D eigenvalue weighted by atomic mass is 17.2. The van der Waals surface area contributed by atoms with E-state index in [2.05, 4.69) is 14.8 Å². The lowest BCUT2D eigenvalue weighted by Gasteiger charge is -2.20. The second kappa shape index (κ2) is 6.69. The van der Waals surface area contributed by atoms with E-state index in [1.165, 1.54) is 6.92 Å². The Morgan fingerprint density at radius 2 is 1.88 bits per heavy atom. The summed E-state index contributed by atoms with van der Waals surface area (Å²) in [7, 11) is 0. The molecule has 8 nitrogen and oxygen atoms in total. The minimum absolute atomic E-state index is 0.0220. The topological polar surface area (TPSA) is 143 Å². The zero-order chi connectivity index (χ0) is 13.5. The largest absolute Gasteiger partial charge is 0.374 e. The number of aliphatic imine (C=N–C) groups is 1. The molecule has 0 heterocycles. The summed E-state index contributed by atoms with van der Waals surface area (Å²) in [6, 6.07) is 0. The quantitative estimate of drug-likeness (QED) is 0.181. The average molecular weight is 246 g/mol. The maximum Gasteiger partial charge on any atom is 0.374 e. The number of guanidine groups is 1. The van der Waals surface area contributed by atoms with Crippen LogP contribution in [0.4, 0.5) is 0 Å². The Morgan fingerprint density at radius 1 is 1.29 bits per heavy atom. The van der Waals surface area contributed by atoms with E-state index in [1.54, 1.807) is 0 Å². The fourth-order valence-corrected chi connectivity index (χ4v) is 0.948. The molecule has 0 unspecified atom stereocenters. The first kappa shape index (κ1) is 15.2. The number of carbonyl (C=O) groups is 2. The van der Waals surface area contributed by atoms with Crippen molar-refractivity contribution in [3.63, 3.8) is 0 Å². The van der Waals surface area contributed by atoms with E-state index in [0.29, 0.717) is 19.4 Å². The molecule has 0 aliphatic heterocycles. The standard InChI is InChI=1S/C9H18N4O4/c1-6(14)16-17-7(15)9(2,12)4-3-5-13-8(10)11/h3-5,12H2,1-2H3,(H4,10,11,13)/t9-/m1/s1. The highest BCUT2D eigenvalue weighted by Gasteiger charge is 2.31. The zero-order valence-corrected chi connectivity index (χ0v) is 9.93. The predicted molar refractivity (Wildman–Crippen MR) is 60.4 cm³/mol. The lowest BCUT2D eigenvalue weighted by Crippen LogP contribution is -2.46. The van der Waals surface area contributed by atoms with Crippen LogP contribution in [0.25, 0.3) is 0 Å². The van der Waals surface area contributed by atoms with Gasteiger partial charge in [0.15, 0.2) is 5.96 Å². The molecule has 6 N–H and O–H groups in total. The molecule has 8 heteroatoms. The van der Waals surface area contributed by atoms with Crippen LogP contribution in [-0.2, 0) is 19.4 Å². The molecule has 0 aromatic rings. The summed E-state index contributed by atoms with van der Waals surface area (Å²) >= 11 is 0. The van der Waals surface area contributed by atoms with Gasteiger partial charge >= 0.3 is 11.9 Å². The van der Waals surface area contributed by atoms with E-state index >= 15 is 0 Å². The zero-order valence-electron chi connectivity index (χ0n) is 9.93. The van der Waals surface area contributed by atoms with Crippen molar-refractivity contribution in [3.05, 3.63) is 0 Å². The number of hydrogen-bond donors (Lipinski definition) is 3. The minimum atomic E-state index is -1.26. The van der Waals surface area contributed by atoms with E-state index in [1.807, 2.05) is 0 Å². The van der Waals surface area contributed by atoms with Crippen LogP contribution in [0.15, 0.2) is 4.99 Å². The number of nitrogens with two attached hydrogens (primary N) is 3. The number of nitrogens with zero attached hydrogens (tertiary/aromatic N) is 1. The summed E-state index contributed by atoms with van der Waals surface area (Å²) < 4.78 is 0. The van der Waals surface area contributed by atoms with Crippen molar-refractivity contribution in [3.8, 4) is 0 Å². The van der Waals surface area contributed by atoms with Gasteiger partial charge in [-0.25, -0.2) is 19.4 Å². The highest BCUT2D eigenvalue weighted by Crippen LogP contribution is 2.11. The molecule has 0 saturated carbocycles. The molecule has 0 radical (unpaired) electrons. The summed E-state index contributed by atoms with van der Waals surface area (Å²) in [5.74, 6) is -1.57. The van der Waals surface area contributed by atoms with E-state index in [4.69, 9.17) is 17.2 Å². The van der Waals surface area contributed by atoms with Crippen molar-refractivity contribution in [2.75, 3.05) is 6.54 Å². The molecule has 0 aliphatic carbocycles. The van der Waals surface area contributed by atoms with Gasteiger partial charge in [-0.05, 0) is 19.8 Å². The molecule has 0 amide bonds. The van der Waals surface area contributed by atoms with Crippen LogP contribution in [0.2, 0.25) is 0 Å². The molecular weight excluding hydrogens is 228 g/mol. The van der Waals surface area contributed by atoms with Gasteiger partial charge in [-0.1, -0.05) is 0 Å². The molecule has 0 saturated heterocycles. The lowest BCUT2D eigenvalue weighted by molar-refractivity contribution is -0.261. The van der Waals surface area contributed by atoms with Crippen LogP contribution >= 0.6 is 0 Å². The Labute approximate surface area is 99.1 Å². The first-order valence-electron chi connectivity index (χ1n) is 4.99. The number of carbonyl (C=O) groups excluding carboxylic acids is 2. The lowest BCUT2D eigenvalue weighted by atomic mass is 9.98. The summed E-state index contributed by atoms with van der Waals surface area (Å²) in [6.07, 6.45) is 0.796. The molecule has 0 rings (SSSR count). The molecule has 0 aliphatic rings.